The van der Waals surface area contributed by atoms with Crippen molar-refractivity contribution in [2.45, 2.75) is 20.4 Å². The highest BCUT2D eigenvalue weighted by molar-refractivity contribution is 9.10. The van der Waals surface area contributed by atoms with Crippen molar-refractivity contribution < 1.29 is 4.52 Å². The van der Waals surface area contributed by atoms with Gasteiger partial charge < -0.3 is 15.2 Å². The average Bonchev–Trinajstić information content (AvgIpc) is 3.11. The number of benzene rings is 1. The molecule has 3 aromatic rings. The Balaban J connectivity index is 1.64. The summed E-state index contributed by atoms with van der Waals surface area (Å²) in [4.78, 5) is 0. The number of hydrogen-bond acceptors (Lipinski definition) is 4. The van der Waals surface area contributed by atoms with E-state index in [0.29, 0.717) is 11.7 Å². The zero-order chi connectivity index (χ0) is 17.1. The number of nitrogens with one attached hydrogen (secondary N) is 2. The van der Waals surface area contributed by atoms with Gasteiger partial charge in [0.1, 0.15) is 5.76 Å². The fourth-order valence-electron chi connectivity index (χ4n) is 2.25. The van der Waals surface area contributed by atoms with Gasteiger partial charge in [0.15, 0.2) is 5.11 Å². The third-order valence-electron chi connectivity index (χ3n) is 3.51. The Morgan fingerprint density at radius 3 is 2.79 bits per heavy atom. The standard InChI is InChI=1S/C16H16BrN5OS/c1-10-13(11(2)23-21-10)9-22-8-12(7-18-22)19-16(24)20-15-6-4-3-5-14(15)17/h3-8H,9H2,1-2H3,(H2,19,20,24). The van der Waals surface area contributed by atoms with Crippen molar-refractivity contribution in [1.29, 1.82) is 0 Å². The summed E-state index contributed by atoms with van der Waals surface area (Å²) in [6, 6.07) is 7.79. The monoisotopic (exact) mass is 405 g/mol. The summed E-state index contributed by atoms with van der Waals surface area (Å²) in [6.45, 7) is 4.42. The summed E-state index contributed by atoms with van der Waals surface area (Å²) in [7, 11) is 0. The lowest BCUT2D eigenvalue weighted by Crippen LogP contribution is -2.19. The molecule has 2 N–H and O–H groups in total. The van der Waals surface area contributed by atoms with Crippen LogP contribution in [0.5, 0.6) is 0 Å². The van der Waals surface area contributed by atoms with Gasteiger partial charge in [0.05, 0.1) is 29.8 Å². The van der Waals surface area contributed by atoms with Crippen molar-refractivity contribution in [3.63, 3.8) is 0 Å². The Morgan fingerprint density at radius 2 is 2.08 bits per heavy atom. The molecule has 124 valence electrons. The summed E-state index contributed by atoms with van der Waals surface area (Å²) >= 11 is 8.82. The number of para-hydroxylation sites is 1. The van der Waals surface area contributed by atoms with Crippen LogP contribution in [0.4, 0.5) is 11.4 Å². The second-order valence-electron chi connectivity index (χ2n) is 5.29. The minimum atomic E-state index is 0.499. The van der Waals surface area contributed by atoms with Crippen molar-refractivity contribution in [3.8, 4) is 0 Å². The van der Waals surface area contributed by atoms with Crippen LogP contribution in [0.25, 0.3) is 0 Å². The Kier molecular flexibility index (Phi) is 4.96. The Hall–Kier alpha value is -2.19. The maximum absolute atomic E-state index is 5.34. The van der Waals surface area contributed by atoms with Gasteiger partial charge in [0.25, 0.3) is 0 Å². The van der Waals surface area contributed by atoms with E-state index in [2.05, 4.69) is 36.8 Å². The average molecular weight is 406 g/mol. The van der Waals surface area contributed by atoms with Crippen LogP contribution >= 0.6 is 28.1 Å². The first kappa shape index (κ1) is 16.7. The Morgan fingerprint density at radius 1 is 1.29 bits per heavy atom. The molecule has 0 aliphatic carbocycles. The van der Waals surface area contributed by atoms with E-state index in [1.54, 1.807) is 6.20 Å². The highest BCUT2D eigenvalue weighted by Crippen LogP contribution is 2.21. The minimum absolute atomic E-state index is 0.499. The van der Waals surface area contributed by atoms with E-state index in [1.807, 2.05) is 49.0 Å². The summed E-state index contributed by atoms with van der Waals surface area (Å²) in [5.41, 5.74) is 3.63. The lowest BCUT2D eigenvalue weighted by atomic mass is 10.2. The van der Waals surface area contributed by atoms with E-state index < -0.39 is 0 Å². The molecule has 0 bridgehead atoms. The van der Waals surface area contributed by atoms with Crippen LogP contribution in [0, 0.1) is 13.8 Å². The van der Waals surface area contributed by atoms with Crippen LogP contribution in [-0.2, 0) is 6.54 Å². The normalized spacial score (nSPS) is 10.6. The molecule has 1 aromatic carbocycles. The molecule has 0 radical (unpaired) electrons. The van der Waals surface area contributed by atoms with Crippen LogP contribution < -0.4 is 10.6 Å². The number of nitrogens with zero attached hydrogens (tertiary/aromatic N) is 3. The second kappa shape index (κ2) is 7.14. The maximum Gasteiger partial charge on any atom is 0.175 e. The summed E-state index contributed by atoms with van der Waals surface area (Å²) in [6.07, 6.45) is 3.62. The summed E-state index contributed by atoms with van der Waals surface area (Å²) in [5.74, 6) is 0.809. The molecule has 3 rings (SSSR count). The van der Waals surface area contributed by atoms with Gasteiger partial charge in [0.2, 0.25) is 0 Å². The second-order valence-corrected chi connectivity index (χ2v) is 6.55. The predicted octanol–water partition coefficient (Wildman–Crippen LogP) is 4.11. The first-order valence-electron chi connectivity index (χ1n) is 7.29. The molecule has 8 heteroatoms. The molecule has 0 unspecified atom stereocenters. The largest absolute Gasteiger partial charge is 0.361 e. The first-order chi connectivity index (χ1) is 11.5. The smallest absolute Gasteiger partial charge is 0.175 e. The third kappa shape index (κ3) is 3.82. The van der Waals surface area contributed by atoms with Crippen LogP contribution in [-0.4, -0.2) is 20.0 Å². The molecule has 0 saturated carbocycles. The number of rotatable bonds is 4. The summed E-state index contributed by atoms with van der Waals surface area (Å²) < 4.78 is 7.94. The van der Waals surface area contributed by atoms with E-state index in [-0.39, 0.29) is 0 Å². The molecule has 0 spiro atoms. The van der Waals surface area contributed by atoms with Crippen LogP contribution in [0.3, 0.4) is 0 Å². The number of anilines is 2. The van der Waals surface area contributed by atoms with Gasteiger partial charge in [0, 0.05) is 16.2 Å². The van der Waals surface area contributed by atoms with Crippen molar-refractivity contribution in [2.24, 2.45) is 0 Å². The third-order valence-corrected chi connectivity index (χ3v) is 4.41. The SMILES string of the molecule is Cc1noc(C)c1Cn1cc(NC(=S)Nc2ccccc2Br)cn1. The van der Waals surface area contributed by atoms with Crippen LogP contribution in [0.1, 0.15) is 17.0 Å². The highest BCUT2D eigenvalue weighted by atomic mass is 79.9. The lowest BCUT2D eigenvalue weighted by Gasteiger charge is -2.10. The molecule has 0 aliphatic heterocycles. The van der Waals surface area contributed by atoms with E-state index in [9.17, 15) is 0 Å². The number of aromatic nitrogens is 3. The molecule has 0 atom stereocenters. The Labute approximate surface area is 153 Å². The molecule has 6 nitrogen and oxygen atoms in total. The molecule has 2 heterocycles. The van der Waals surface area contributed by atoms with Gasteiger partial charge in [-0.3, -0.25) is 4.68 Å². The number of thiocarbonyl (C=S) groups is 1. The van der Waals surface area contributed by atoms with Crippen molar-refractivity contribution in [2.75, 3.05) is 10.6 Å². The van der Waals surface area contributed by atoms with Gasteiger partial charge in [-0.25, -0.2) is 0 Å². The van der Waals surface area contributed by atoms with Gasteiger partial charge in [-0.05, 0) is 54.1 Å². The van der Waals surface area contributed by atoms with Crippen molar-refractivity contribution >= 4 is 44.6 Å². The van der Waals surface area contributed by atoms with Gasteiger partial charge in [-0.1, -0.05) is 17.3 Å². The quantitative estimate of drug-likeness (QED) is 0.636. The molecule has 0 fully saturated rings. The van der Waals surface area contributed by atoms with Gasteiger partial charge in [-0.2, -0.15) is 5.10 Å². The molecule has 0 amide bonds. The van der Waals surface area contributed by atoms with E-state index in [1.165, 1.54) is 0 Å². The minimum Gasteiger partial charge on any atom is -0.361 e. The molecule has 24 heavy (non-hydrogen) atoms. The molecule has 0 aliphatic rings. The number of hydrogen-bond donors (Lipinski definition) is 2. The van der Waals surface area contributed by atoms with Gasteiger partial charge >= 0.3 is 0 Å². The fourth-order valence-corrected chi connectivity index (χ4v) is 2.86. The molecule has 2 aromatic heterocycles. The topological polar surface area (TPSA) is 67.9 Å². The fraction of sp³-hybridized carbons (Fsp3) is 0.188. The molecular formula is C16H16BrN5OS. The number of halogens is 1. The van der Waals surface area contributed by atoms with Gasteiger partial charge in [-0.15, -0.1) is 0 Å². The van der Waals surface area contributed by atoms with Crippen LogP contribution in [0.2, 0.25) is 0 Å². The van der Waals surface area contributed by atoms with Crippen molar-refractivity contribution in [3.05, 3.63) is 58.1 Å². The number of aryl methyl sites for hydroxylation is 2. The van der Waals surface area contributed by atoms with E-state index >= 15 is 0 Å². The van der Waals surface area contributed by atoms with Crippen LogP contribution in [0.15, 0.2) is 45.7 Å². The van der Waals surface area contributed by atoms with E-state index in [4.69, 9.17) is 16.7 Å². The predicted molar refractivity (Wildman–Crippen MR) is 101 cm³/mol. The zero-order valence-corrected chi connectivity index (χ0v) is 15.6. The van der Waals surface area contributed by atoms with E-state index in [0.717, 1.165) is 32.9 Å². The summed E-state index contributed by atoms with van der Waals surface area (Å²) in [5, 5.41) is 15.1. The Bertz CT molecular complexity index is 853. The molecular weight excluding hydrogens is 390 g/mol. The zero-order valence-electron chi connectivity index (χ0n) is 13.2. The highest BCUT2D eigenvalue weighted by Gasteiger charge is 2.10. The molecule has 0 saturated heterocycles. The van der Waals surface area contributed by atoms with Crippen molar-refractivity contribution in [1.82, 2.24) is 14.9 Å². The maximum atomic E-state index is 5.34. The lowest BCUT2D eigenvalue weighted by molar-refractivity contribution is 0.391. The first-order valence-corrected chi connectivity index (χ1v) is 8.50.